The van der Waals surface area contributed by atoms with Crippen molar-refractivity contribution < 1.29 is 9.53 Å². The molecule has 0 spiro atoms. The Morgan fingerprint density at radius 1 is 1.21 bits per heavy atom. The standard InChI is InChI=1S/C23H29N3O2/c1-17-21(7-2-8-22(17)25-14-19-5-3-11-24-13-19)23(27)26(15-18-9-10-18)16-20-6-4-12-28-20/h2-3,5,7-8,11,13,18,20,25H,4,6,9-10,12,14-16H2,1H3/t20-/m0/s1. The van der Waals surface area contributed by atoms with Crippen LogP contribution in [0.1, 0.15) is 47.2 Å². The molecule has 1 N–H and O–H groups in total. The molecule has 1 atom stereocenters. The molecule has 5 heteroatoms. The molecule has 0 unspecified atom stereocenters. The molecule has 1 aliphatic heterocycles. The number of nitrogens with zero attached hydrogens (tertiary/aromatic N) is 2. The van der Waals surface area contributed by atoms with Crippen LogP contribution in [0.4, 0.5) is 5.69 Å². The van der Waals surface area contributed by atoms with Gasteiger partial charge in [-0.05, 0) is 67.9 Å². The number of aromatic nitrogens is 1. The van der Waals surface area contributed by atoms with Gasteiger partial charge in [-0.25, -0.2) is 0 Å². The topological polar surface area (TPSA) is 54.5 Å². The molecule has 0 bridgehead atoms. The van der Waals surface area contributed by atoms with E-state index in [9.17, 15) is 4.79 Å². The van der Waals surface area contributed by atoms with Gasteiger partial charge in [0.05, 0.1) is 6.10 Å². The van der Waals surface area contributed by atoms with Crippen LogP contribution in [0.3, 0.4) is 0 Å². The van der Waals surface area contributed by atoms with E-state index >= 15 is 0 Å². The summed E-state index contributed by atoms with van der Waals surface area (Å²) in [4.78, 5) is 19.6. The van der Waals surface area contributed by atoms with Gasteiger partial charge in [0.2, 0.25) is 0 Å². The molecule has 1 aromatic carbocycles. The highest BCUT2D eigenvalue weighted by Crippen LogP contribution is 2.31. The van der Waals surface area contributed by atoms with Gasteiger partial charge in [0.25, 0.3) is 5.91 Å². The number of anilines is 1. The quantitative estimate of drug-likeness (QED) is 0.752. The Kier molecular flexibility index (Phi) is 5.91. The van der Waals surface area contributed by atoms with E-state index in [-0.39, 0.29) is 12.0 Å². The SMILES string of the molecule is Cc1c(NCc2cccnc2)cccc1C(=O)N(CC1CC1)C[C@@H]1CCCO1. The largest absolute Gasteiger partial charge is 0.381 e. The van der Waals surface area contributed by atoms with E-state index in [1.54, 1.807) is 6.20 Å². The van der Waals surface area contributed by atoms with Crippen LogP contribution in [0.5, 0.6) is 0 Å². The van der Waals surface area contributed by atoms with E-state index in [4.69, 9.17) is 4.74 Å². The molecular formula is C23H29N3O2. The predicted molar refractivity (Wildman–Crippen MR) is 110 cm³/mol. The van der Waals surface area contributed by atoms with Crippen molar-refractivity contribution in [1.82, 2.24) is 9.88 Å². The lowest BCUT2D eigenvalue weighted by atomic mass is 10.0. The minimum absolute atomic E-state index is 0.130. The first-order chi connectivity index (χ1) is 13.7. The fourth-order valence-electron chi connectivity index (χ4n) is 3.82. The van der Waals surface area contributed by atoms with Gasteiger partial charge in [0.15, 0.2) is 0 Å². The second-order valence-corrected chi connectivity index (χ2v) is 7.98. The molecule has 2 fully saturated rings. The minimum atomic E-state index is 0.130. The lowest BCUT2D eigenvalue weighted by molar-refractivity contribution is 0.0514. The number of hydrogen-bond donors (Lipinski definition) is 1. The Morgan fingerprint density at radius 2 is 2.11 bits per heavy atom. The minimum Gasteiger partial charge on any atom is -0.381 e. The number of carbonyl (C=O) groups is 1. The van der Waals surface area contributed by atoms with Crippen molar-refractivity contribution in [3.8, 4) is 0 Å². The van der Waals surface area contributed by atoms with Gasteiger partial charge in [-0.3, -0.25) is 9.78 Å². The molecule has 1 amide bonds. The molecule has 1 aromatic heterocycles. The first-order valence-corrected chi connectivity index (χ1v) is 10.3. The van der Waals surface area contributed by atoms with Crippen molar-refractivity contribution in [3.63, 3.8) is 0 Å². The summed E-state index contributed by atoms with van der Waals surface area (Å²) < 4.78 is 5.80. The summed E-state index contributed by atoms with van der Waals surface area (Å²) >= 11 is 0. The summed E-state index contributed by atoms with van der Waals surface area (Å²) in [6.45, 7) is 5.10. The Bertz CT molecular complexity index is 799. The highest BCUT2D eigenvalue weighted by atomic mass is 16.5. The van der Waals surface area contributed by atoms with Crippen LogP contribution < -0.4 is 5.32 Å². The monoisotopic (exact) mass is 379 g/mol. The van der Waals surface area contributed by atoms with Gasteiger partial charge < -0.3 is 15.0 Å². The van der Waals surface area contributed by atoms with Crippen molar-refractivity contribution >= 4 is 11.6 Å². The third kappa shape index (κ3) is 4.71. The van der Waals surface area contributed by atoms with Gasteiger partial charge in [-0.1, -0.05) is 12.1 Å². The van der Waals surface area contributed by atoms with Crippen LogP contribution in [0.25, 0.3) is 0 Å². The average Bonchev–Trinajstić information content (AvgIpc) is 3.39. The van der Waals surface area contributed by atoms with Crippen LogP contribution >= 0.6 is 0 Å². The molecule has 5 nitrogen and oxygen atoms in total. The lowest BCUT2D eigenvalue weighted by Crippen LogP contribution is -2.39. The number of ether oxygens (including phenoxy) is 1. The van der Waals surface area contributed by atoms with Crippen LogP contribution in [0, 0.1) is 12.8 Å². The fraction of sp³-hybridized carbons (Fsp3) is 0.478. The smallest absolute Gasteiger partial charge is 0.254 e. The van der Waals surface area contributed by atoms with Gasteiger partial charge in [0, 0.05) is 49.9 Å². The van der Waals surface area contributed by atoms with Crippen LogP contribution in [-0.2, 0) is 11.3 Å². The van der Waals surface area contributed by atoms with Gasteiger partial charge in [-0.2, -0.15) is 0 Å². The maximum absolute atomic E-state index is 13.4. The summed E-state index contributed by atoms with van der Waals surface area (Å²) in [7, 11) is 0. The first-order valence-electron chi connectivity index (χ1n) is 10.3. The molecule has 2 aromatic rings. The second kappa shape index (κ2) is 8.74. The van der Waals surface area contributed by atoms with E-state index in [1.807, 2.05) is 48.4 Å². The lowest BCUT2D eigenvalue weighted by Gasteiger charge is -2.26. The second-order valence-electron chi connectivity index (χ2n) is 7.98. The number of carbonyl (C=O) groups excluding carboxylic acids is 1. The summed E-state index contributed by atoms with van der Waals surface area (Å²) in [5.74, 6) is 0.794. The number of rotatable bonds is 8. The van der Waals surface area contributed by atoms with Crippen LogP contribution in [-0.4, -0.2) is 41.6 Å². The highest BCUT2D eigenvalue weighted by molar-refractivity contribution is 5.97. The zero-order chi connectivity index (χ0) is 19.3. The van der Waals surface area contributed by atoms with Crippen molar-refractivity contribution in [2.75, 3.05) is 25.0 Å². The van der Waals surface area contributed by atoms with E-state index in [0.717, 1.165) is 48.4 Å². The average molecular weight is 380 g/mol. The molecule has 28 heavy (non-hydrogen) atoms. The Balaban J connectivity index is 1.48. The Hall–Kier alpha value is -2.40. The molecule has 4 rings (SSSR count). The molecule has 2 heterocycles. The maximum atomic E-state index is 13.4. The zero-order valence-electron chi connectivity index (χ0n) is 16.6. The summed E-state index contributed by atoms with van der Waals surface area (Å²) in [6, 6.07) is 9.93. The van der Waals surface area contributed by atoms with Gasteiger partial charge in [0.1, 0.15) is 0 Å². The van der Waals surface area contributed by atoms with Gasteiger partial charge in [-0.15, -0.1) is 0 Å². The number of hydrogen-bond acceptors (Lipinski definition) is 4. The third-order valence-electron chi connectivity index (χ3n) is 5.68. The summed E-state index contributed by atoms with van der Waals surface area (Å²) in [5, 5.41) is 3.45. The third-order valence-corrected chi connectivity index (χ3v) is 5.68. The van der Waals surface area contributed by atoms with E-state index < -0.39 is 0 Å². The molecular weight excluding hydrogens is 350 g/mol. The summed E-state index contributed by atoms with van der Waals surface area (Å²) in [5.41, 5.74) is 3.91. The highest BCUT2D eigenvalue weighted by Gasteiger charge is 2.30. The molecule has 2 aliphatic rings. The molecule has 1 saturated heterocycles. The normalized spacial score (nSPS) is 18.8. The van der Waals surface area contributed by atoms with E-state index in [2.05, 4.69) is 10.3 Å². The fourth-order valence-corrected chi connectivity index (χ4v) is 3.82. The van der Waals surface area contributed by atoms with Crippen molar-refractivity contribution in [2.45, 2.75) is 45.3 Å². The molecule has 148 valence electrons. The number of nitrogens with one attached hydrogen (secondary N) is 1. The van der Waals surface area contributed by atoms with Crippen molar-refractivity contribution in [1.29, 1.82) is 0 Å². The number of amides is 1. The summed E-state index contributed by atoms with van der Waals surface area (Å²) in [6.07, 6.45) is 8.45. The molecule has 0 radical (unpaired) electrons. The number of benzene rings is 1. The van der Waals surface area contributed by atoms with Crippen LogP contribution in [0.15, 0.2) is 42.7 Å². The molecule has 1 aliphatic carbocycles. The number of pyridine rings is 1. The van der Waals surface area contributed by atoms with E-state index in [0.29, 0.717) is 19.0 Å². The Labute approximate surface area is 167 Å². The predicted octanol–water partition coefficient (Wildman–Crippen LogP) is 4.03. The maximum Gasteiger partial charge on any atom is 0.254 e. The van der Waals surface area contributed by atoms with E-state index in [1.165, 1.54) is 12.8 Å². The Morgan fingerprint density at radius 3 is 2.82 bits per heavy atom. The van der Waals surface area contributed by atoms with Crippen molar-refractivity contribution in [3.05, 3.63) is 59.4 Å². The van der Waals surface area contributed by atoms with Crippen molar-refractivity contribution in [2.24, 2.45) is 5.92 Å². The van der Waals surface area contributed by atoms with Crippen LogP contribution in [0.2, 0.25) is 0 Å². The van der Waals surface area contributed by atoms with Gasteiger partial charge >= 0.3 is 0 Å². The molecule has 1 saturated carbocycles. The first kappa shape index (κ1) is 18.9. The zero-order valence-corrected chi connectivity index (χ0v) is 16.6.